The smallest absolute Gasteiger partial charge is 0.336 e. The van der Waals surface area contributed by atoms with Crippen LogP contribution in [0.2, 0.25) is 0 Å². The fraction of sp³-hybridized carbons (Fsp3) is 0.125. The van der Waals surface area contributed by atoms with Crippen LogP contribution in [-0.2, 0) is 16.0 Å². The molecule has 0 aliphatic rings. The molecule has 0 aliphatic heterocycles. The van der Waals surface area contributed by atoms with E-state index in [1.165, 1.54) is 31.7 Å². The van der Waals surface area contributed by atoms with Crippen molar-refractivity contribution >= 4 is 24.2 Å². The van der Waals surface area contributed by atoms with Crippen molar-refractivity contribution in [2.45, 2.75) is 6.42 Å². The van der Waals surface area contributed by atoms with Crippen molar-refractivity contribution in [2.75, 3.05) is 14.2 Å². The Kier molecular flexibility index (Phi) is 7.80. The highest BCUT2D eigenvalue weighted by molar-refractivity contribution is 5.89. The molecule has 2 aromatic carbocycles. The molecule has 1 aromatic heterocycles. The normalized spacial score (nSPS) is 10.9. The van der Waals surface area contributed by atoms with Crippen LogP contribution in [0.5, 0.6) is 17.2 Å². The van der Waals surface area contributed by atoms with E-state index in [1.807, 2.05) is 0 Å². The van der Waals surface area contributed by atoms with Crippen molar-refractivity contribution < 1.29 is 28.2 Å². The summed E-state index contributed by atoms with van der Waals surface area (Å²) >= 11 is 0. The molecule has 1 heterocycles. The van der Waals surface area contributed by atoms with E-state index >= 15 is 0 Å². The first-order valence-electron chi connectivity index (χ1n) is 9.63. The lowest BCUT2D eigenvalue weighted by Crippen LogP contribution is -2.19. The summed E-state index contributed by atoms with van der Waals surface area (Å²) in [5, 5.41) is 3.96. The summed E-state index contributed by atoms with van der Waals surface area (Å²) in [5.74, 6) is 1.20. The number of benzene rings is 2. The Labute approximate surface area is 185 Å². The van der Waals surface area contributed by atoms with E-state index in [1.54, 1.807) is 61.7 Å². The molecule has 0 atom stereocenters. The van der Waals surface area contributed by atoms with Crippen LogP contribution in [0.15, 0.2) is 76.5 Å². The Hall–Kier alpha value is -4.33. The van der Waals surface area contributed by atoms with Crippen molar-refractivity contribution in [2.24, 2.45) is 5.10 Å². The lowest BCUT2D eigenvalue weighted by atomic mass is 10.1. The Morgan fingerprint density at radius 2 is 1.88 bits per heavy atom. The number of nitrogens with zero attached hydrogens (tertiary/aromatic N) is 1. The molecular weight excluding hydrogens is 412 g/mol. The fourth-order valence-electron chi connectivity index (χ4n) is 2.74. The Bertz CT molecular complexity index is 1120. The second-order valence-corrected chi connectivity index (χ2v) is 6.50. The number of carbonyl (C=O) groups is 2. The highest BCUT2D eigenvalue weighted by atomic mass is 16.5. The van der Waals surface area contributed by atoms with Gasteiger partial charge in [-0.15, -0.1) is 0 Å². The number of esters is 1. The average molecular weight is 434 g/mol. The van der Waals surface area contributed by atoms with Gasteiger partial charge in [-0.05, 0) is 53.6 Å². The van der Waals surface area contributed by atoms with Gasteiger partial charge in [0, 0.05) is 6.08 Å². The fourth-order valence-corrected chi connectivity index (χ4v) is 2.74. The van der Waals surface area contributed by atoms with E-state index in [-0.39, 0.29) is 12.3 Å². The second-order valence-electron chi connectivity index (χ2n) is 6.50. The van der Waals surface area contributed by atoms with Gasteiger partial charge in [-0.3, -0.25) is 4.79 Å². The number of hydrogen-bond acceptors (Lipinski definition) is 7. The third kappa shape index (κ3) is 6.60. The molecular formula is C24H22N2O6. The summed E-state index contributed by atoms with van der Waals surface area (Å²) in [6, 6.07) is 15.4. The molecule has 0 saturated carbocycles. The first kappa shape index (κ1) is 22.4. The number of hydrazone groups is 1. The van der Waals surface area contributed by atoms with E-state index in [4.69, 9.17) is 18.6 Å². The summed E-state index contributed by atoms with van der Waals surface area (Å²) in [6.07, 6.45) is 5.88. The quantitative estimate of drug-likeness (QED) is 0.182. The van der Waals surface area contributed by atoms with Crippen LogP contribution in [0, 0.1) is 0 Å². The third-order valence-electron chi connectivity index (χ3n) is 4.22. The van der Waals surface area contributed by atoms with E-state index < -0.39 is 5.97 Å². The maximum absolute atomic E-state index is 12.2. The molecule has 8 heteroatoms. The van der Waals surface area contributed by atoms with Crippen molar-refractivity contribution in [1.29, 1.82) is 0 Å². The number of rotatable bonds is 9. The number of hydrogen-bond donors (Lipinski definition) is 1. The SMILES string of the molecule is COc1ccc(CC(=O)N/N=C/c2cccc(OC(=O)/C=C/c3ccco3)c2)cc1OC. The predicted molar refractivity (Wildman–Crippen MR) is 119 cm³/mol. The van der Waals surface area contributed by atoms with Gasteiger partial charge >= 0.3 is 5.97 Å². The van der Waals surface area contributed by atoms with Crippen LogP contribution in [0.4, 0.5) is 0 Å². The first-order valence-corrected chi connectivity index (χ1v) is 9.63. The predicted octanol–water partition coefficient (Wildman–Crippen LogP) is 3.61. The summed E-state index contributed by atoms with van der Waals surface area (Å²) in [5.41, 5.74) is 3.88. The molecule has 1 N–H and O–H groups in total. The number of amides is 1. The van der Waals surface area contributed by atoms with E-state index in [9.17, 15) is 9.59 Å². The van der Waals surface area contributed by atoms with Crippen molar-refractivity contribution in [3.63, 3.8) is 0 Å². The van der Waals surface area contributed by atoms with Crippen LogP contribution >= 0.6 is 0 Å². The molecule has 0 saturated heterocycles. The van der Waals surface area contributed by atoms with Crippen molar-refractivity contribution in [3.8, 4) is 17.2 Å². The summed E-state index contributed by atoms with van der Waals surface area (Å²) in [4.78, 5) is 24.1. The van der Waals surface area contributed by atoms with E-state index in [2.05, 4.69) is 10.5 Å². The minimum atomic E-state index is -0.543. The zero-order valence-corrected chi connectivity index (χ0v) is 17.6. The largest absolute Gasteiger partial charge is 0.493 e. The van der Waals surface area contributed by atoms with Gasteiger partial charge in [0.1, 0.15) is 11.5 Å². The van der Waals surface area contributed by atoms with Crippen LogP contribution in [-0.4, -0.2) is 32.3 Å². The van der Waals surface area contributed by atoms with Gasteiger partial charge in [0.05, 0.1) is 33.1 Å². The Morgan fingerprint density at radius 1 is 1.03 bits per heavy atom. The van der Waals surface area contributed by atoms with Gasteiger partial charge in [0.15, 0.2) is 11.5 Å². The van der Waals surface area contributed by atoms with Gasteiger partial charge in [-0.25, -0.2) is 10.2 Å². The molecule has 32 heavy (non-hydrogen) atoms. The number of carbonyl (C=O) groups excluding carboxylic acids is 2. The van der Waals surface area contributed by atoms with Crippen LogP contribution in [0.25, 0.3) is 6.08 Å². The van der Waals surface area contributed by atoms with Crippen molar-refractivity contribution in [3.05, 3.63) is 83.8 Å². The minimum Gasteiger partial charge on any atom is -0.493 e. The van der Waals surface area contributed by atoms with Gasteiger partial charge in [-0.1, -0.05) is 18.2 Å². The lowest BCUT2D eigenvalue weighted by Gasteiger charge is -2.09. The first-order chi connectivity index (χ1) is 15.6. The van der Waals surface area contributed by atoms with E-state index in [0.29, 0.717) is 28.6 Å². The zero-order valence-electron chi connectivity index (χ0n) is 17.6. The third-order valence-corrected chi connectivity index (χ3v) is 4.22. The van der Waals surface area contributed by atoms with Gasteiger partial charge in [0.25, 0.3) is 0 Å². The monoisotopic (exact) mass is 434 g/mol. The lowest BCUT2D eigenvalue weighted by molar-refractivity contribution is -0.129. The van der Waals surface area contributed by atoms with Gasteiger partial charge < -0.3 is 18.6 Å². The molecule has 0 radical (unpaired) electrons. The van der Waals surface area contributed by atoms with Gasteiger partial charge in [-0.2, -0.15) is 5.10 Å². The van der Waals surface area contributed by atoms with E-state index in [0.717, 1.165) is 5.56 Å². The molecule has 0 spiro atoms. The van der Waals surface area contributed by atoms with Crippen LogP contribution in [0.3, 0.4) is 0 Å². The number of nitrogens with one attached hydrogen (secondary N) is 1. The molecule has 0 unspecified atom stereocenters. The van der Waals surface area contributed by atoms with Crippen LogP contribution < -0.4 is 19.6 Å². The molecule has 0 aliphatic carbocycles. The molecule has 8 nitrogen and oxygen atoms in total. The standard InChI is InChI=1S/C24H22N2O6/c1-29-21-10-8-17(14-22(21)30-2)15-23(27)26-25-16-18-5-3-6-20(13-18)32-24(28)11-9-19-7-4-12-31-19/h3-14,16H,15H2,1-2H3,(H,26,27)/b11-9+,25-16+. The molecule has 3 rings (SSSR count). The highest BCUT2D eigenvalue weighted by Gasteiger charge is 2.08. The number of ether oxygens (including phenoxy) is 3. The second kappa shape index (κ2) is 11.2. The van der Waals surface area contributed by atoms with Crippen molar-refractivity contribution in [1.82, 2.24) is 5.43 Å². The summed E-state index contributed by atoms with van der Waals surface area (Å²) < 4.78 is 20.8. The maximum Gasteiger partial charge on any atom is 0.336 e. The molecule has 3 aromatic rings. The van der Waals surface area contributed by atoms with Gasteiger partial charge in [0.2, 0.25) is 5.91 Å². The number of methoxy groups -OCH3 is 2. The zero-order chi connectivity index (χ0) is 22.8. The number of furan rings is 1. The van der Waals surface area contributed by atoms with Crippen LogP contribution in [0.1, 0.15) is 16.9 Å². The highest BCUT2D eigenvalue weighted by Crippen LogP contribution is 2.27. The Morgan fingerprint density at radius 3 is 2.62 bits per heavy atom. The molecule has 1 amide bonds. The minimum absolute atomic E-state index is 0.122. The topological polar surface area (TPSA) is 99.4 Å². The maximum atomic E-state index is 12.2. The Balaban J connectivity index is 1.53. The average Bonchev–Trinajstić information content (AvgIpc) is 3.31. The molecule has 164 valence electrons. The molecule has 0 bridgehead atoms. The summed E-state index contributed by atoms with van der Waals surface area (Å²) in [7, 11) is 3.08. The summed E-state index contributed by atoms with van der Waals surface area (Å²) in [6.45, 7) is 0. The molecule has 0 fully saturated rings.